The highest BCUT2D eigenvalue weighted by molar-refractivity contribution is 7.11. The molecule has 0 spiro atoms. The van der Waals surface area contributed by atoms with E-state index in [0.29, 0.717) is 17.1 Å². The van der Waals surface area contributed by atoms with Crippen molar-refractivity contribution in [2.24, 2.45) is 0 Å². The minimum absolute atomic E-state index is 0.194. The molecule has 0 bridgehead atoms. The van der Waals surface area contributed by atoms with E-state index in [0.717, 1.165) is 16.9 Å². The second kappa shape index (κ2) is 6.18. The van der Waals surface area contributed by atoms with Crippen LogP contribution in [-0.2, 0) is 0 Å². The molecule has 2 N–H and O–H groups in total. The fourth-order valence-corrected chi connectivity index (χ4v) is 3.77. The summed E-state index contributed by atoms with van der Waals surface area (Å²) < 4.78 is 0. The van der Waals surface area contributed by atoms with Gasteiger partial charge in [-0.25, -0.2) is 4.98 Å². The number of nitrogens with zero attached hydrogens (tertiary/aromatic N) is 2. The van der Waals surface area contributed by atoms with Gasteiger partial charge < -0.3 is 10.0 Å². The molecule has 2 heterocycles. The summed E-state index contributed by atoms with van der Waals surface area (Å²) in [6, 6.07) is 17.9. The molecule has 0 fully saturated rings. The van der Waals surface area contributed by atoms with Crippen LogP contribution in [0.2, 0.25) is 0 Å². The molecule has 25 heavy (non-hydrogen) atoms. The number of hydrogen-bond donors (Lipinski definition) is 2. The van der Waals surface area contributed by atoms with Gasteiger partial charge in [-0.05, 0) is 19.1 Å². The molecule has 4 nitrogen and oxygen atoms in total. The van der Waals surface area contributed by atoms with E-state index in [1.165, 1.54) is 16.9 Å². The number of thiazole rings is 1. The van der Waals surface area contributed by atoms with Crippen molar-refractivity contribution >= 4 is 28.4 Å². The summed E-state index contributed by atoms with van der Waals surface area (Å²) in [6.45, 7) is 2.33. The smallest absolute Gasteiger partial charge is 0.139 e. The number of aryl methyl sites for hydroxylation is 1. The number of aromatic nitrogens is 1. The summed E-state index contributed by atoms with van der Waals surface area (Å²) in [5.74, 6) is 0.481. The molecule has 3 aromatic rings. The third-order valence-corrected chi connectivity index (χ3v) is 5.10. The minimum atomic E-state index is 0.194. The summed E-state index contributed by atoms with van der Waals surface area (Å²) in [7, 11) is 0. The van der Waals surface area contributed by atoms with Crippen molar-refractivity contribution in [3.63, 3.8) is 0 Å². The lowest BCUT2D eigenvalue weighted by Crippen LogP contribution is -2.25. The van der Waals surface area contributed by atoms with Gasteiger partial charge in [-0.15, -0.1) is 11.3 Å². The average Bonchev–Trinajstić information content (AvgIpc) is 3.21. The van der Waals surface area contributed by atoms with Crippen molar-refractivity contribution in [1.29, 1.82) is 5.41 Å². The van der Waals surface area contributed by atoms with Gasteiger partial charge in [-0.3, -0.25) is 5.41 Å². The standard InChI is InChI=1S/C20H17N3OS/c1-13-7-9-15(10-8-13)23-11-17(24)18(19(23)21)20-22-16(12-25-20)14-5-3-2-4-6-14/h2-10,12,21,24H,11H2,1H3. The first kappa shape index (κ1) is 15.6. The summed E-state index contributed by atoms with van der Waals surface area (Å²) in [6.07, 6.45) is 0. The topological polar surface area (TPSA) is 60.2 Å². The summed E-state index contributed by atoms with van der Waals surface area (Å²) in [5, 5.41) is 21.6. The molecule has 0 saturated heterocycles. The van der Waals surface area contributed by atoms with E-state index < -0.39 is 0 Å². The normalized spacial score (nSPS) is 14.4. The quantitative estimate of drug-likeness (QED) is 0.709. The molecule has 4 rings (SSSR count). The van der Waals surface area contributed by atoms with Crippen molar-refractivity contribution in [3.05, 3.63) is 76.3 Å². The lowest BCUT2D eigenvalue weighted by molar-refractivity contribution is 0.411. The van der Waals surface area contributed by atoms with E-state index in [2.05, 4.69) is 4.98 Å². The maximum atomic E-state index is 10.4. The Balaban J connectivity index is 1.65. The molecule has 0 amide bonds. The molecule has 0 unspecified atom stereocenters. The van der Waals surface area contributed by atoms with E-state index in [1.807, 2.05) is 66.9 Å². The number of rotatable bonds is 3. The van der Waals surface area contributed by atoms with E-state index in [1.54, 1.807) is 4.90 Å². The Morgan fingerprint density at radius 3 is 2.52 bits per heavy atom. The number of hydrogen-bond acceptors (Lipinski definition) is 4. The first-order chi connectivity index (χ1) is 12.1. The van der Waals surface area contributed by atoms with Crippen molar-refractivity contribution < 1.29 is 5.11 Å². The predicted octanol–water partition coefficient (Wildman–Crippen LogP) is 4.89. The largest absolute Gasteiger partial charge is 0.510 e. The molecule has 1 aromatic heterocycles. The Kier molecular flexibility index (Phi) is 3.86. The molecule has 2 aromatic carbocycles. The van der Waals surface area contributed by atoms with Crippen molar-refractivity contribution in [2.45, 2.75) is 6.92 Å². The Morgan fingerprint density at radius 2 is 1.80 bits per heavy atom. The van der Waals surface area contributed by atoms with Gasteiger partial charge in [0.05, 0.1) is 17.8 Å². The number of nitrogens with one attached hydrogen (secondary N) is 1. The zero-order valence-electron chi connectivity index (χ0n) is 13.7. The maximum Gasteiger partial charge on any atom is 0.139 e. The second-order valence-electron chi connectivity index (χ2n) is 6.00. The molecule has 0 radical (unpaired) electrons. The Morgan fingerprint density at radius 1 is 1.08 bits per heavy atom. The Hall–Kier alpha value is -2.92. The first-order valence-electron chi connectivity index (χ1n) is 8.00. The molecule has 0 atom stereocenters. The highest BCUT2D eigenvalue weighted by atomic mass is 32.1. The lowest BCUT2D eigenvalue weighted by Gasteiger charge is -2.18. The molecule has 1 aliphatic rings. The molecule has 1 aliphatic heterocycles. The summed E-state index contributed by atoms with van der Waals surface area (Å²) >= 11 is 1.45. The van der Waals surface area contributed by atoms with Crippen LogP contribution in [0.15, 0.2) is 65.7 Å². The highest BCUT2D eigenvalue weighted by Crippen LogP contribution is 2.34. The third kappa shape index (κ3) is 2.83. The number of aliphatic hydroxyl groups excluding tert-OH is 1. The van der Waals surface area contributed by atoms with Gasteiger partial charge in [0.1, 0.15) is 16.6 Å². The average molecular weight is 347 g/mol. The van der Waals surface area contributed by atoms with Crippen LogP contribution in [0.5, 0.6) is 0 Å². The van der Waals surface area contributed by atoms with Crippen LogP contribution in [0.3, 0.4) is 0 Å². The molecule has 124 valence electrons. The van der Waals surface area contributed by atoms with E-state index in [9.17, 15) is 5.11 Å². The van der Waals surface area contributed by atoms with Crippen LogP contribution in [-0.4, -0.2) is 22.5 Å². The van der Waals surface area contributed by atoms with Gasteiger partial charge in [0.15, 0.2) is 0 Å². The number of amidine groups is 1. The summed E-state index contributed by atoms with van der Waals surface area (Å²) in [5.41, 5.74) is 4.48. The fourth-order valence-electron chi connectivity index (χ4n) is 2.88. The molecular weight excluding hydrogens is 330 g/mol. The van der Waals surface area contributed by atoms with Gasteiger partial charge in [-0.1, -0.05) is 48.0 Å². The monoisotopic (exact) mass is 347 g/mol. The van der Waals surface area contributed by atoms with Gasteiger partial charge in [0.25, 0.3) is 0 Å². The first-order valence-corrected chi connectivity index (χ1v) is 8.88. The van der Waals surface area contributed by atoms with Gasteiger partial charge in [0.2, 0.25) is 0 Å². The van der Waals surface area contributed by atoms with Gasteiger partial charge in [0, 0.05) is 16.6 Å². The van der Waals surface area contributed by atoms with Crippen molar-refractivity contribution in [2.75, 3.05) is 11.4 Å². The fraction of sp³-hybridized carbons (Fsp3) is 0.100. The molecule has 0 aliphatic carbocycles. The van der Waals surface area contributed by atoms with Gasteiger partial charge >= 0.3 is 0 Å². The molecule has 0 saturated carbocycles. The Labute approximate surface area is 150 Å². The third-order valence-electron chi connectivity index (χ3n) is 4.24. The minimum Gasteiger partial charge on any atom is -0.510 e. The van der Waals surface area contributed by atoms with Crippen LogP contribution >= 0.6 is 11.3 Å². The van der Waals surface area contributed by atoms with E-state index in [4.69, 9.17) is 5.41 Å². The van der Waals surface area contributed by atoms with E-state index in [-0.39, 0.29) is 11.6 Å². The van der Waals surface area contributed by atoms with Crippen LogP contribution in [0.1, 0.15) is 10.6 Å². The lowest BCUT2D eigenvalue weighted by atomic mass is 10.2. The number of benzene rings is 2. The number of aliphatic hydroxyl groups is 1. The van der Waals surface area contributed by atoms with Gasteiger partial charge in [-0.2, -0.15) is 0 Å². The molecule has 5 heteroatoms. The zero-order valence-corrected chi connectivity index (χ0v) is 14.5. The second-order valence-corrected chi connectivity index (χ2v) is 6.85. The number of anilines is 1. The van der Waals surface area contributed by atoms with E-state index >= 15 is 0 Å². The van der Waals surface area contributed by atoms with Crippen molar-refractivity contribution in [1.82, 2.24) is 4.98 Å². The zero-order chi connectivity index (χ0) is 17.4. The van der Waals surface area contributed by atoms with Crippen LogP contribution < -0.4 is 4.90 Å². The molecular formula is C20H17N3OS. The predicted molar refractivity (Wildman–Crippen MR) is 103 cm³/mol. The van der Waals surface area contributed by atoms with Crippen LogP contribution in [0.4, 0.5) is 5.69 Å². The summed E-state index contributed by atoms with van der Waals surface area (Å²) in [4.78, 5) is 6.44. The SMILES string of the molecule is Cc1ccc(N2CC(O)=C(c3nc(-c4ccccc4)cs3)C2=N)cc1. The van der Waals surface area contributed by atoms with Crippen molar-refractivity contribution in [3.8, 4) is 11.3 Å². The van der Waals surface area contributed by atoms with Crippen LogP contribution in [0.25, 0.3) is 16.8 Å². The highest BCUT2D eigenvalue weighted by Gasteiger charge is 2.31. The Bertz CT molecular complexity index is 958. The van der Waals surface area contributed by atoms with Crippen LogP contribution in [0, 0.1) is 12.3 Å². The maximum absolute atomic E-state index is 10.4.